The Morgan fingerprint density at radius 1 is 1.00 bits per heavy atom. The van der Waals surface area contributed by atoms with Gasteiger partial charge in [0.05, 0.1) is 18.2 Å². The van der Waals surface area contributed by atoms with E-state index in [1.165, 1.54) is 69.9 Å². The largest absolute Gasteiger partial charge is 0.395 e. The summed E-state index contributed by atoms with van der Waals surface area (Å²) in [6, 6.07) is 2.14. The van der Waals surface area contributed by atoms with Crippen LogP contribution in [0.1, 0.15) is 118 Å². The summed E-state index contributed by atoms with van der Waals surface area (Å²) in [7, 11) is 0. The van der Waals surface area contributed by atoms with Crippen molar-refractivity contribution in [3.05, 3.63) is 0 Å². The first-order valence-corrected chi connectivity index (χ1v) is 14.3. The average Bonchev–Trinajstić information content (AvgIpc) is 3.14. The van der Waals surface area contributed by atoms with Crippen LogP contribution >= 0.6 is 0 Å². The van der Waals surface area contributed by atoms with E-state index in [4.69, 9.17) is 10.1 Å². The average molecular weight is 455 g/mol. The highest BCUT2D eigenvalue weighted by molar-refractivity contribution is 5.85. The second-order valence-corrected chi connectivity index (χ2v) is 13.3. The molecule has 0 spiro atoms. The molecular weight excluding hydrogens is 404 g/mol. The first kappa shape index (κ1) is 25.1. The molecule has 3 heteroatoms. The minimum absolute atomic E-state index is 0.430. The van der Waals surface area contributed by atoms with Gasteiger partial charge in [-0.15, -0.1) is 0 Å². The van der Waals surface area contributed by atoms with Crippen LogP contribution in [-0.2, 0) is 4.84 Å². The topological polar surface area (TPSA) is 45.4 Å². The van der Waals surface area contributed by atoms with Crippen LogP contribution in [0.2, 0.25) is 0 Å². The van der Waals surface area contributed by atoms with Crippen molar-refractivity contribution in [2.45, 2.75) is 118 Å². The van der Waals surface area contributed by atoms with Crippen LogP contribution < -0.4 is 0 Å². The van der Waals surface area contributed by atoms with Crippen LogP contribution in [0.15, 0.2) is 5.16 Å². The van der Waals surface area contributed by atoms with E-state index in [0.29, 0.717) is 23.9 Å². The van der Waals surface area contributed by atoms with Crippen LogP contribution in [0.25, 0.3) is 0 Å². The summed E-state index contributed by atoms with van der Waals surface area (Å²) in [5.41, 5.74) is 2.35. The number of nitriles is 1. The zero-order chi connectivity index (χ0) is 23.6. The first-order valence-electron chi connectivity index (χ1n) is 14.3. The van der Waals surface area contributed by atoms with Gasteiger partial charge in [-0.05, 0) is 110 Å². The Balaban J connectivity index is 1.40. The first-order chi connectivity index (χ1) is 15.8. The zero-order valence-electron chi connectivity index (χ0n) is 22.2. The molecule has 186 valence electrons. The highest BCUT2D eigenvalue weighted by Crippen LogP contribution is 2.68. The van der Waals surface area contributed by atoms with E-state index >= 15 is 0 Å². The van der Waals surface area contributed by atoms with Crippen molar-refractivity contribution >= 4 is 5.71 Å². The number of fused-ring (bicyclic) bond motifs is 5. The maximum atomic E-state index is 8.71. The summed E-state index contributed by atoms with van der Waals surface area (Å²) in [6.45, 7) is 13.1. The van der Waals surface area contributed by atoms with Gasteiger partial charge >= 0.3 is 0 Å². The maximum Gasteiger partial charge on any atom is 0.130 e. The fourth-order valence-corrected chi connectivity index (χ4v) is 9.40. The second kappa shape index (κ2) is 10.3. The summed E-state index contributed by atoms with van der Waals surface area (Å²) >= 11 is 0. The van der Waals surface area contributed by atoms with Gasteiger partial charge in [-0.25, -0.2) is 0 Å². The lowest BCUT2D eigenvalue weighted by Crippen LogP contribution is -2.53. The Hall–Kier alpha value is -1.04. The van der Waals surface area contributed by atoms with Crippen molar-refractivity contribution in [3.8, 4) is 6.07 Å². The normalized spacial score (nSPS) is 42.3. The standard InChI is InChI=1S/C30H50N2O/c1-21(2)8-6-9-22(3)26-12-13-27-25-11-10-23-20-24(32-33-19-7-18-31)14-16-29(23,4)28(25)15-17-30(26,27)5/h21-23,25-28H,6-17,19-20H2,1-5H3/b32-24+/t22-,23+,25+,26-,27+,28+,29+,30-/m1/s1. The molecule has 0 amide bonds. The molecular formula is C30H50N2O. The smallest absolute Gasteiger partial charge is 0.130 e. The van der Waals surface area contributed by atoms with Crippen LogP contribution in [0.4, 0.5) is 0 Å². The van der Waals surface area contributed by atoms with E-state index < -0.39 is 0 Å². The monoisotopic (exact) mass is 454 g/mol. The summed E-state index contributed by atoms with van der Waals surface area (Å²) in [5, 5.41) is 13.2. The van der Waals surface area contributed by atoms with Crippen molar-refractivity contribution in [3.63, 3.8) is 0 Å². The molecule has 0 N–H and O–H groups in total. The molecule has 4 fully saturated rings. The minimum atomic E-state index is 0.430. The Morgan fingerprint density at radius 3 is 2.55 bits per heavy atom. The third-order valence-electron chi connectivity index (χ3n) is 11.2. The third-order valence-corrected chi connectivity index (χ3v) is 11.2. The summed E-state index contributed by atoms with van der Waals surface area (Å²) < 4.78 is 0. The zero-order valence-corrected chi connectivity index (χ0v) is 22.2. The van der Waals surface area contributed by atoms with E-state index in [1.54, 1.807) is 0 Å². The van der Waals surface area contributed by atoms with Gasteiger partial charge in [-0.1, -0.05) is 59.0 Å². The Morgan fingerprint density at radius 2 is 1.79 bits per heavy atom. The molecule has 33 heavy (non-hydrogen) atoms. The Kier molecular flexibility index (Phi) is 7.82. The Labute approximate surface area is 204 Å². The molecule has 0 aromatic rings. The van der Waals surface area contributed by atoms with Gasteiger partial charge < -0.3 is 4.84 Å². The summed E-state index contributed by atoms with van der Waals surface area (Å²) in [5.74, 6) is 6.33. The number of nitrogens with zero attached hydrogens (tertiary/aromatic N) is 2. The van der Waals surface area contributed by atoms with Crippen molar-refractivity contribution in [1.29, 1.82) is 5.26 Å². The van der Waals surface area contributed by atoms with Gasteiger partial charge in [-0.3, -0.25) is 0 Å². The molecule has 0 aromatic heterocycles. The lowest BCUT2D eigenvalue weighted by Gasteiger charge is -2.60. The fraction of sp³-hybridized carbons (Fsp3) is 0.933. The second-order valence-electron chi connectivity index (χ2n) is 13.3. The van der Waals surface area contributed by atoms with E-state index in [-0.39, 0.29) is 0 Å². The van der Waals surface area contributed by atoms with Gasteiger partial charge in [0.2, 0.25) is 0 Å². The quantitative estimate of drug-likeness (QED) is 0.273. The van der Waals surface area contributed by atoms with Crippen LogP contribution in [0, 0.1) is 63.6 Å². The predicted molar refractivity (Wildman–Crippen MR) is 137 cm³/mol. The third kappa shape index (κ3) is 4.88. The van der Waals surface area contributed by atoms with Crippen LogP contribution in [0.5, 0.6) is 0 Å². The van der Waals surface area contributed by atoms with Gasteiger partial charge in [0.25, 0.3) is 0 Å². The molecule has 0 unspecified atom stereocenters. The highest BCUT2D eigenvalue weighted by Gasteiger charge is 2.60. The molecule has 4 saturated carbocycles. The molecule has 0 saturated heterocycles. The van der Waals surface area contributed by atoms with Gasteiger partial charge in [-0.2, -0.15) is 5.26 Å². The molecule has 3 nitrogen and oxygen atoms in total. The lowest BCUT2D eigenvalue weighted by molar-refractivity contribution is -0.105. The van der Waals surface area contributed by atoms with E-state index in [2.05, 4.69) is 45.8 Å². The SMILES string of the molecule is CC(C)CCC[C@@H](C)[C@H]1CC[C@H]2[C@@H]3CC[C@H]4C/C(=N/OCCC#N)CC[C@]4(C)[C@H]3CC[C@]12C. The van der Waals surface area contributed by atoms with E-state index in [0.717, 1.165) is 54.3 Å². The van der Waals surface area contributed by atoms with Gasteiger partial charge in [0.1, 0.15) is 6.61 Å². The predicted octanol–water partition coefficient (Wildman–Crippen LogP) is 8.39. The van der Waals surface area contributed by atoms with Crippen molar-refractivity contribution < 1.29 is 4.84 Å². The molecule has 0 aliphatic heterocycles. The number of rotatable bonds is 8. The highest BCUT2D eigenvalue weighted by atomic mass is 16.6. The molecule has 0 aromatic carbocycles. The summed E-state index contributed by atoms with van der Waals surface area (Å²) in [4.78, 5) is 5.44. The Bertz CT molecular complexity index is 738. The molecule has 4 aliphatic rings. The molecule has 4 rings (SSSR count). The molecule has 0 bridgehead atoms. The number of oxime groups is 1. The number of hydrogen-bond acceptors (Lipinski definition) is 3. The van der Waals surface area contributed by atoms with Gasteiger partial charge in [0.15, 0.2) is 0 Å². The lowest BCUT2D eigenvalue weighted by atomic mass is 9.44. The van der Waals surface area contributed by atoms with Crippen molar-refractivity contribution in [1.82, 2.24) is 0 Å². The van der Waals surface area contributed by atoms with Crippen molar-refractivity contribution in [2.24, 2.45) is 57.4 Å². The summed E-state index contributed by atoms with van der Waals surface area (Å²) in [6.07, 6.45) is 17.0. The van der Waals surface area contributed by atoms with Crippen LogP contribution in [0.3, 0.4) is 0 Å². The van der Waals surface area contributed by atoms with Gasteiger partial charge in [0, 0.05) is 0 Å². The fourth-order valence-electron chi connectivity index (χ4n) is 9.40. The van der Waals surface area contributed by atoms with Crippen molar-refractivity contribution in [2.75, 3.05) is 6.61 Å². The van der Waals surface area contributed by atoms with Crippen LogP contribution in [-0.4, -0.2) is 12.3 Å². The molecule has 8 atom stereocenters. The number of hydrogen-bond donors (Lipinski definition) is 0. The van der Waals surface area contributed by atoms with E-state index in [1.807, 2.05) is 0 Å². The molecule has 0 heterocycles. The van der Waals surface area contributed by atoms with E-state index in [9.17, 15) is 0 Å². The maximum absolute atomic E-state index is 8.71. The minimum Gasteiger partial charge on any atom is -0.395 e. The molecule has 0 radical (unpaired) electrons. The molecule has 4 aliphatic carbocycles.